The summed E-state index contributed by atoms with van der Waals surface area (Å²) in [6, 6.07) is 16.7. The molecule has 1 aliphatic rings. The molecule has 0 unspecified atom stereocenters. The van der Waals surface area contributed by atoms with E-state index >= 15 is 0 Å². The molecule has 0 saturated heterocycles. The van der Waals surface area contributed by atoms with E-state index in [2.05, 4.69) is 20.9 Å². The Morgan fingerprint density at radius 1 is 0.970 bits per heavy atom. The molecule has 11 heteroatoms. The second kappa shape index (κ2) is 9.01. The summed E-state index contributed by atoms with van der Waals surface area (Å²) in [5.41, 5.74) is 0.248. The molecule has 0 fully saturated rings. The lowest BCUT2D eigenvalue weighted by Gasteiger charge is -2.07. The number of ether oxygens (including phenoxy) is 2. The quantitative estimate of drug-likeness (QED) is 0.188. The van der Waals surface area contributed by atoms with Crippen LogP contribution in [0.3, 0.4) is 0 Å². The lowest BCUT2D eigenvalue weighted by Crippen LogP contribution is -2.05. The highest BCUT2D eigenvalue weighted by Crippen LogP contribution is 2.35. The molecule has 0 amide bonds. The minimum absolute atomic E-state index is 0.0687. The fourth-order valence-corrected chi connectivity index (χ4v) is 3.41. The summed E-state index contributed by atoms with van der Waals surface area (Å²) >= 11 is 3.39. The molecular weight excluding hydrogens is 498 g/mol. The van der Waals surface area contributed by atoms with Gasteiger partial charge in [-0.25, -0.2) is 9.79 Å². The van der Waals surface area contributed by atoms with Crippen LogP contribution in [0.15, 0.2) is 81.9 Å². The number of halogens is 1. The van der Waals surface area contributed by atoms with Gasteiger partial charge in [-0.2, -0.15) is 0 Å². The SMILES string of the molecule is O=C1OC(c2ccccc2Br)=N/C1=C/c1cccc(Oc2ccc([N+](=O)[O-])cc2[N+](=O)[O-])c1. The number of hydrogen-bond acceptors (Lipinski definition) is 8. The zero-order chi connectivity index (χ0) is 23.5. The summed E-state index contributed by atoms with van der Waals surface area (Å²) in [5, 5.41) is 22.2. The number of aliphatic imine (C=N–C) groups is 1. The maximum absolute atomic E-state index is 12.3. The Balaban J connectivity index is 1.62. The Hall–Kier alpha value is -4.38. The van der Waals surface area contributed by atoms with Crippen LogP contribution in [0.25, 0.3) is 6.08 Å². The van der Waals surface area contributed by atoms with Crippen molar-refractivity contribution in [2.75, 3.05) is 0 Å². The first-order valence-electron chi connectivity index (χ1n) is 9.30. The number of non-ortho nitro benzene ring substituents is 1. The molecule has 1 heterocycles. The van der Waals surface area contributed by atoms with Gasteiger partial charge in [-0.15, -0.1) is 0 Å². The smallest absolute Gasteiger partial charge is 0.363 e. The van der Waals surface area contributed by atoms with Gasteiger partial charge in [0.2, 0.25) is 11.6 Å². The number of cyclic esters (lactones) is 1. The van der Waals surface area contributed by atoms with Crippen LogP contribution in [-0.2, 0) is 9.53 Å². The van der Waals surface area contributed by atoms with Crippen LogP contribution in [0.1, 0.15) is 11.1 Å². The van der Waals surface area contributed by atoms with Gasteiger partial charge >= 0.3 is 11.7 Å². The van der Waals surface area contributed by atoms with Gasteiger partial charge in [0, 0.05) is 10.5 Å². The van der Waals surface area contributed by atoms with Crippen molar-refractivity contribution in [3.63, 3.8) is 0 Å². The van der Waals surface area contributed by atoms with E-state index in [1.54, 1.807) is 36.4 Å². The van der Waals surface area contributed by atoms with E-state index in [0.29, 0.717) is 11.1 Å². The highest BCUT2D eigenvalue weighted by Gasteiger charge is 2.25. The van der Waals surface area contributed by atoms with Crippen molar-refractivity contribution >= 4 is 45.2 Å². The van der Waals surface area contributed by atoms with Crippen molar-refractivity contribution in [3.05, 3.63) is 108 Å². The molecule has 0 N–H and O–H groups in total. The summed E-state index contributed by atoms with van der Waals surface area (Å²) in [7, 11) is 0. The minimum Gasteiger partial charge on any atom is -0.450 e. The Bertz CT molecular complexity index is 1370. The molecule has 0 aromatic heterocycles. The van der Waals surface area contributed by atoms with Gasteiger partial charge in [0.15, 0.2) is 5.70 Å². The molecule has 10 nitrogen and oxygen atoms in total. The van der Waals surface area contributed by atoms with Crippen molar-refractivity contribution in [3.8, 4) is 11.5 Å². The molecule has 0 spiro atoms. The zero-order valence-electron chi connectivity index (χ0n) is 16.5. The molecule has 3 aromatic rings. The Morgan fingerprint density at radius 3 is 2.48 bits per heavy atom. The van der Waals surface area contributed by atoms with Gasteiger partial charge in [-0.05, 0) is 57.9 Å². The second-order valence-corrected chi connectivity index (χ2v) is 7.51. The highest BCUT2D eigenvalue weighted by atomic mass is 79.9. The number of benzene rings is 3. The van der Waals surface area contributed by atoms with Crippen LogP contribution in [-0.4, -0.2) is 21.7 Å². The first-order chi connectivity index (χ1) is 15.8. The van der Waals surface area contributed by atoms with E-state index in [9.17, 15) is 25.0 Å². The van der Waals surface area contributed by atoms with Gasteiger partial charge in [-0.3, -0.25) is 20.2 Å². The third-order valence-corrected chi connectivity index (χ3v) is 5.16. The van der Waals surface area contributed by atoms with Crippen LogP contribution in [0.2, 0.25) is 0 Å². The molecule has 1 aliphatic heterocycles. The second-order valence-electron chi connectivity index (χ2n) is 6.66. The van der Waals surface area contributed by atoms with Crippen LogP contribution < -0.4 is 4.74 Å². The zero-order valence-corrected chi connectivity index (χ0v) is 18.1. The predicted molar refractivity (Wildman–Crippen MR) is 121 cm³/mol. The number of hydrogen-bond donors (Lipinski definition) is 0. The molecule has 0 radical (unpaired) electrons. The monoisotopic (exact) mass is 509 g/mol. The molecular formula is C22H12BrN3O7. The third kappa shape index (κ3) is 4.77. The largest absolute Gasteiger partial charge is 0.450 e. The van der Waals surface area contributed by atoms with Crippen LogP contribution in [0.5, 0.6) is 11.5 Å². The Labute approximate surface area is 194 Å². The van der Waals surface area contributed by atoms with E-state index < -0.39 is 27.2 Å². The van der Waals surface area contributed by atoms with Crippen LogP contribution in [0.4, 0.5) is 11.4 Å². The van der Waals surface area contributed by atoms with Gasteiger partial charge < -0.3 is 9.47 Å². The lowest BCUT2D eigenvalue weighted by molar-refractivity contribution is -0.394. The first-order valence-corrected chi connectivity index (χ1v) is 10.1. The Kier molecular flexibility index (Phi) is 5.96. The summed E-state index contributed by atoms with van der Waals surface area (Å²) in [4.78, 5) is 37.3. The number of carbonyl (C=O) groups is 1. The fraction of sp³-hybridized carbons (Fsp3) is 0. The molecule has 33 heavy (non-hydrogen) atoms. The van der Waals surface area contributed by atoms with E-state index in [1.807, 2.05) is 6.07 Å². The lowest BCUT2D eigenvalue weighted by atomic mass is 10.2. The summed E-state index contributed by atoms with van der Waals surface area (Å²) < 4.78 is 11.6. The number of esters is 1. The maximum atomic E-state index is 12.3. The van der Waals surface area contributed by atoms with Crippen LogP contribution in [0, 0.1) is 20.2 Å². The van der Waals surface area contributed by atoms with Crippen LogP contribution >= 0.6 is 15.9 Å². The van der Waals surface area contributed by atoms with Crippen molar-refractivity contribution in [1.29, 1.82) is 0 Å². The standard InChI is InChI=1S/C22H12BrN3O7/c23-17-7-2-1-6-16(17)21-24-18(22(27)33-21)11-13-4-3-5-15(10-13)32-20-9-8-14(25(28)29)12-19(20)26(30)31/h1-12H/b18-11+. The van der Waals surface area contributed by atoms with Crippen molar-refractivity contribution in [1.82, 2.24) is 0 Å². The number of nitro groups is 2. The molecule has 4 rings (SSSR count). The average Bonchev–Trinajstić information content (AvgIpc) is 3.14. The molecule has 3 aromatic carbocycles. The normalized spacial score (nSPS) is 14.0. The molecule has 0 atom stereocenters. The third-order valence-electron chi connectivity index (χ3n) is 4.46. The Morgan fingerprint density at radius 2 is 1.76 bits per heavy atom. The van der Waals surface area contributed by atoms with Gasteiger partial charge in [-0.1, -0.05) is 24.3 Å². The summed E-state index contributed by atoms with van der Waals surface area (Å²) in [6.45, 7) is 0. The first kappa shape index (κ1) is 21.8. The van der Waals surface area contributed by atoms with E-state index in [-0.39, 0.29) is 23.1 Å². The molecule has 0 bridgehead atoms. The van der Waals surface area contributed by atoms with Crippen molar-refractivity contribution in [2.45, 2.75) is 0 Å². The number of carbonyl (C=O) groups excluding carboxylic acids is 1. The molecule has 0 aliphatic carbocycles. The van der Waals surface area contributed by atoms with Crippen molar-refractivity contribution < 1.29 is 24.1 Å². The summed E-state index contributed by atoms with van der Waals surface area (Å²) in [6.07, 6.45) is 1.49. The topological polar surface area (TPSA) is 134 Å². The summed E-state index contributed by atoms with van der Waals surface area (Å²) in [5.74, 6) is -0.404. The average molecular weight is 510 g/mol. The highest BCUT2D eigenvalue weighted by molar-refractivity contribution is 9.10. The number of nitro benzene ring substituents is 2. The number of rotatable bonds is 6. The van der Waals surface area contributed by atoms with Gasteiger partial charge in [0.1, 0.15) is 5.75 Å². The van der Waals surface area contributed by atoms with E-state index in [4.69, 9.17) is 9.47 Å². The predicted octanol–water partition coefficient (Wildman–Crippen LogP) is 5.40. The molecule has 0 saturated carbocycles. The van der Waals surface area contributed by atoms with E-state index in [0.717, 1.165) is 22.7 Å². The van der Waals surface area contributed by atoms with Gasteiger partial charge in [0.05, 0.1) is 21.5 Å². The maximum Gasteiger partial charge on any atom is 0.363 e. The van der Waals surface area contributed by atoms with E-state index in [1.165, 1.54) is 12.1 Å². The van der Waals surface area contributed by atoms with Crippen molar-refractivity contribution in [2.24, 2.45) is 4.99 Å². The minimum atomic E-state index is -0.763. The van der Waals surface area contributed by atoms with Gasteiger partial charge in [0.25, 0.3) is 5.69 Å². The molecule has 164 valence electrons. The number of nitrogens with zero attached hydrogens (tertiary/aromatic N) is 3. The fourth-order valence-electron chi connectivity index (χ4n) is 2.96.